The third-order valence-electron chi connectivity index (χ3n) is 4.69. The van der Waals surface area contributed by atoms with Gasteiger partial charge in [-0.05, 0) is 29.7 Å². The molecule has 0 saturated carbocycles. The average molecular weight is 370 g/mol. The Balaban J connectivity index is 1.45. The van der Waals surface area contributed by atoms with Crippen molar-refractivity contribution in [2.24, 2.45) is 5.73 Å². The van der Waals surface area contributed by atoms with Gasteiger partial charge in [-0.15, -0.1) is 0 Å². The van der Waals surface area contributed by atoms with Gasteiger partial charge in [0.05, 0.1) is 0 Å². The van der Waals surface area contributed by atoms with Gasteiger partial charge in [0.25, 0.3) is 0 Å². The van der Waals surface area contributed by atoms with Crippen molar-refractivity contribution in [1.82, 2.24) is 4.90 Å². The quantitative estimate of drug-likeness (QED) is 0.786. The molecule has 2 aromatic rings. The average Bonchev–Trinajstić information content (AvgIpc) is 2.69. The van der Waals surface area contributed by atoms with E-state index >= 15 is 0 Å². The minimum absolute atomic E-state index is 0.0556. The molecule has 3 rings (SSSR count). The summed E-state index contributed by atoms with van der Waals surface area (Å²) in [5.41, 5.74) is 9.23. The molecular formula is C21H27N3OS. The fourth-order valence-electron chi connectivity index (χ4n) is 3.10. The number of hydrogen-bond acceptors (Lipinski definition) is 4. The van der Waals surface area contributed by atoms with Gasteiger partial charge in [0.15, 0.2) is 0 Å². The van der Waals surface area contributed by atoms with Crippen molar-refractivity contribution >= 4 is 23.4 Å². The molecule has 2 aromatic carbocycles. The number of thioether (sulfide) groups is 1. The minimum Gasteiger partial charge on any atom is -0.326 e. The van der Waals surface area contributed by atoms with E-state index in [4.69, 9.17) is 5.73 Å². The standard InChI is InChI=1S/C21H27N3OS/c22-20(18-4-2-1-3-5-18)16-21(25)23-19-8-6-17(7-9-19)10-11-24-12-14-26-15-13-24/h1-9,20H,10-16,22H2,(H,23,25). The number of carbonyl (C=O) groups is 1. The van der Waals surface area contributed by atoms with E-state index in [0.29, 0.717) is 0 Å². The second kappa shape index (κ2) is 9.76. The number of benzene rings is 2. The fraction of sp³-hybridized carbons (Fsp3) is 0.381. The predicted octanol–water partition coefficient (Wildman–Crippen LogP) is 3.31. The van der Waals surface area contributed by atoms with Gasteiger partial charge in [0.1, 0.15) is 0 Å². The molecule has 0 aromatic heterocycles. The lowest BCUT2D eigenvalue weighted by Crippen LogP contribution is -2.34. The van der Waals surface area contributed by atoms with E-state index in [1.165, 1.54) is 30.2 Å². The van der Waals surface area contributed by atoms with Crippen LogP contribution in [0.25, 0.3) is 0 Å². The van der Waals surface area contributed by atoms with Crippen LogP contribution >= 0.6 is 11.8 Å². The van der Waals surface area contributed by atoms with Gasteiger partial charge < -0.3 is 16.0 Å². The first-order valence-electron chi connectivity index (χ1n) is 9.20. The lowest BCUT2D eigenvalue weighted by atomic mass is 10.0. The smallest absolute Gasteiger partial charge is 0.226 e. The maximum atomic E-state index is 12.2. The van der Waals surface area contributed by atoms with E-state index in [9.17, 15) is 4.79 Å². The summed E-state index contributed by atoms with van der Waals surface area (Å²) in [6.07, 6.45) is 1.33. The molecule has 1 aliphatic rings. The summed E-state index contributed by atoms with van der Waals surface area (Å²) in [4.78, 5) is 14.7. The monoisotopic (exact) mass is 369 g/mol. The van der Waals surface area contributed by atoms with Crippen LogP contribution in [0.5, 0.6) is 0 Å². The molecule has 1 amide bonds. The van der Waals surface area contributed by atoms with Crippen molar-refractivity contribution in [2.45, 2.75) is 18.9 Å². The highest BCUT2D eigenvalue weighted by Crippen LogP contribution is 2.16. The summed E-state index contributed by atoms with van der Waals surface area (Å²) in [6, 6.07) is 17.6. The van der Waals surface area contributed by atoms with Crippen LogP contribution in [0, 0.1) is 0 Å². The summed E-state index contributed by atoms with van der Waals surface area (Å²) < 4.78 is 0. The molecule has 1 heterocycles. The number of hydrogen-bond donors (Lipinski definition) is 2. The molecular weight excluding hydrogens is 342 g/mol. The molecule has 1 aliphatic heterocycles. The molecule has 0 radical (unpaired) electrons. The van der Waals surface area contributed by atoms with Crippen LogP contribution in [0.4, 0.5) is 5.69 Å². The van der Waals surface area contributed by atoms with Crippen molar-refractivity contribution < 1.29 is 4.79 Å². The molecule has 1 unspecified atom stereocenters. The Bertz CT molecular complexity index is 684. The normalized spacial score (nSPS) is 16.2. The topological polar surface area (TPSA) is 58.4 Å². The number of rotatable bonds is 7. The van der Waals surface area contributed by atoms with Crippen LogP contribution in [0.1, 0.15) is 23.6 Å². The first-order valence-corrected chi connectivity index (χ1v) is 10.4. The molecule has 3 N–H and O–H groups in total. The molecule has 5 heteroatoms. The Labute approximate surface area is 160 Å². The van der Waals surface area contributed by atoms with Crippen molar-refractivity contribution in [1.29, 1.82) is 0 Å². The number of anilines is 1. The second-order valence-electron chi connectivity index (χ2n) is 6.67. The Morgan fingerprint density at radius 3 is 2.46 bits per heavy atom. The largest absolute Gasteiger partial charge is 0.326 e. The van der Waals surface area contributed by atoms with Crippen molar-refractivity contribution in [3.8, 4) is 0 Å². The first kappa shape index (κ1) is 19.0. The van der Waals surface area contributed by atoms with Crippen molar-refractivity contribution in [3.63, 3.8) is 0 Å². The highest BCUT2D eigenvalue weighted by atomic mass is 32.2. The number of amides is 1. The van der Waals surface area contributed by atoms with Crippen molar-refractivity contribution in [2.75, 3.05) is 36.5 Å². The number of nitrogens with two attached hydrogens (primary N) is 1. The summed E-state index contributed by atoms with van der Waals surface area (Å²) in [5.74, 6) is 2.44. The molecule has 1 atom stereocenters. The summed E-state index contributed by atoms with van der Waals surface area (Å²) in [5, 5.41) is 2.94. The van der Waals surface area contributed by atoms with Crippen molar-refractivity contribution in [3.05, 3.63) is 65.7 Å². The zero-order valence-corrected chi connectivity index (χ0v) is 15.9. The Morgan fingerprint density at radius 2 is 1.77 bits per heavy atom. The zero-order chi connectivity index (χ0) is 18.2. The van der Waals surface area contributed by atoms with Crippen LogP contribution in [-0.4, -0.2) is 41.9 Å². The SMILES string of the molecule is NC(CC(=O)Nc1ccc(CCN2CCSCC2)cc1)c1ccccc1. The van der Waals surface area contributed by atoms with Gasteiger partial charge in [0, 0.05) is 49.3 Å². The van der Waals surface area contributed by atoms with E-state index in [2.05, 4.69) is 22.3 Å². The first-order chi connectivity index (χ1) is 12.7. The summed E-state index contributed by atoms with van der Waals surface area (Å²) in [7, 11) is 0. The highest BCUT2D eigenvalue weighted by molar-refractivity contribution is 7.99. The lowest BCUT2D eigenvalue weighted by Gasteiger charge is -2.26. The molecule has 0 spiro atoms. The third kappa shape index (κ3) is 5.87. The van der Waals surface area contributed by atoms with Gasteiger partial charge in [-0.25, -0.2) is 0 Å². The molecule has 0 aliphatic carbocycles. The molecule has 4 nitrogen and oxygen atoms in total. The van der Waals surface area contributed by atoms with Crippen LogP contribution in [-0.2, 0) is 11.2 Å². The van der Waals surface area contributed by atoms with Gasteiger partial charge >= 0.3 is 0 Å². The number of nitrogens with one attached hydrogen (secondary N) is 1. The Morgan fingerprint density at radius 1 is 1.08 bits per heavy atom. The maximum Gasteiger partial charge on any atom is 0.226 e. The molecule has 138 valence electrons. The minimum atomic E-state index is -0.279. The van der Waals surface area contributed by atoms with E-state index in [1.807, 2.05) is 54.2 Å². The highest BCUT2D eigenvalue weighted by Gasteiger charge is 2.12. The van der Waals surface area contributed by atoms with Gasteiger partial charge in [-0.1, -0.05) is 42.5 Å². The summed E-state index contributed by atoms with van der Waals surface area (Å²) in [6.45, 7) is 3.50. The molecule has 1 fully saturated rings. The van der Waals surface area contributed by atoms with Crippen LogP contribution in [0.2, 0.25) is 0 Å². The maximum absolute atomic E-state index is 12.2. The fourth-order valence-corrected chi connectivity index (χ4v) is 4.08. The van der Waals surface area contributed by atoms with E-state index in [-0.39, 0.29) is 18.4 Å². The van der Waals surface area contributed by atoms with Crippen LogP contribution in [0.3, 0.4) is 0 Å². The van der Waals surface area contributed by atoms with Gasteiger partial charge in [0.2, 0.25) is 5.91 Å². The van der Waals surface area contributed by atoms with E-state index in [0.717, 1.165) is 24.2 Å². The van der Waals surface area contributed by atoms with Gasteiger partial charge in [-0.3, -0.25) is 4.79 Å². The molecule has 1 saturated heterocycles. The molecule has 0 bridgehead atoms. The molecule has 26 heavy (non-hydrogen) atoms. The van der Waals surface area contributed by atoms with Crippen LogP contribution < -0.4 is 11.1 Å². The van der Waals surface area contributed by atoms with Crippen LogP contribution in [0.15, 0.2) is 54.6 Å². The Hall–Kier alpha value is -1.82. The predicted molar refractivity (Wildman–Crippen MR) is 111 cm³/mol. The number of nitrogens with zero attached hydrogens (tertiary/aromatic N) is 1. The third-order valence-corrected chi connectivity index (χ3v) is 5.63. The Kier molecular flexibility index (Phi) is 7.12. The number of carbonyl (C=O) groups excluding carboxylic acids is 1. The second-order valence-corrected chi connectivity index (χ2v) is 7.90. The van der Waals surface area contributed by atoms with Gasteiger partial charge in [-0.2, -0.15) is 11.8 Å². The zero-order valence-electron chi connectivity index (χ0n) is 15.1. The van der Waals surface area contributed by atoms with E-state index < -0.39 is 0 Å². The van der Waals surface area contributed by atoms with E-state index in [1.54, 1.807) is 0 Å². The summed E-state index contributed by atoms with van der Waals surface area (Å²) >= 11 is 2.04. The lowest BCUT2D eigenvalue weighted by molar-refractivity contribution is -0.116.